The lowest BCUT2D eigenvalue weighted by Gasteiger charge is -2.01. The number of nitrogens with one attached hydrogen (secondary N) is 1. The second-order valence-electron chi connectivity index (χ2n) is 2.96. The molecule has 0 fully saturated rings. The van der Waals surface area contributed by atoms with E-state index in [9.17, 15) is 4.79 Å². The molecule has 2 rings (SSSR count). The Bertz CT molecular complexity index is 512. The monoisotopic (exact) mass is 364 g/mol. The number of pyridine rings is 1. The van der Waals surface area contributed by atoms with Gasteiger partial charge in [-0.3, -0.25) is 4.79 Å². The molecule has 0 aliphatic carbocycles. The van der Waals surface area contributed by atoms with Crippen LogP contribution in [0.5, 0.6) is 0 Å². The van der Waals surface area contributed by atoms with Crippen molar-refractivity contribution in [3.8, 4) is 0 Å². The molecular formula is C10H6ClIN2OS. The van der Waals surface area contributed by atoms with Crippen LogP contribution in [0.3, 0.4) is 0 Å². The molecule has 0 unspecified atom stereocenters. The van der Waals surface area contributed by atoms with Crippen LogP contribution in [0.1, 0.15) is 10.4 Å². The first-order valence-electron chi connectivity index (χ1n) is 4.32. The SMILES string of the molecule is O=C(Nc1ccc(Cl)cn1)c1csc(I)c1. The fraction of sp³-hybridized carbons (Fsp3) is 0. The summed E-state index contributed by atoms with van der Waals surface area (Å²) in [6.07, 6.45) is 1.49. The minimum atomic E-state index is -0.158. The Labute approximate surface area is 115 Å². The van der Waals surface area contributed by atoms with Gasteiger partial charge in [0, 0.05) is 11.6 Å². The highest BCUT2D eigenvalue weighted by atomic mass is 127. The summed E-state index contributed by atoms with van der Waals surface area (Å²) in [7, 11) is 0. The Morgan fingerprint density at radius 3 is 2.88 bits per heavy atom. The van der Waals surface area contributed by atoms with Gasteiger partial charge in [-0.05, 0) is 40.8 Å². The van der Waals surface area contributed by atoms with Crippen molar-refractivity contribution in [2.75, 3.05) is 5.32 Å². The van der Waals surface area contributed by atoms with Crippen molar-refractivity contribution in [3.63, 3.8) is 0 Å². The molecule has 0 saturated carbocycles. The summed E-state index contributed by atoms with van der Waals surface area (Å²) in [4.78, 5) is 15.7. The first-order chi connectivity index (χ1) is 7.65. The molecule has 0 atom stereocenters. The summed E-state index contributed by atoms with van der Waals surface area (Å²) in [6.45, 7) is 0. The van der Waals surface area contributed by atoms with E-state index < -0.39 is 0 Å². The fourth-order valence-corrected chi connectivity index (χ4v) is 2.51. The van der Waals surface area contributed by atoms with Gasteiger partial charge in [0.05, 0.1) is 13.5 Å². The average Bonchev–Trinajstić information content (AvgIpc) is 2.68. The van der Waals surface area contributed by atoms with Crippen LogP contribution in [0.15, 0.2) is 29.8 Å². The van der Waals surface area contributed by atoms with E-state index in [0.29, 0.717) is 16.4 Å². The largest absolute Gasteiger partial charge is 0.307 e. The van der Waals surface area contributed by atoms with Gasteiger partial charge in [-0.15, -0.1) is 11.3 Å². The number of hydrogen-bond acceptors (Lipinski definition) is 3. The van der Waals surface area contributed by atoms with Crippen LogP contribution in [-0.4, -0.2) is 10.9 Å². The fourth-order valence-electron chi connectivity index (χ4n) is 1.07. The Kier molecular flexibility index (Phi) is 3.78. The van der Waals surface area contributed by atoms with Crippen LogP contribution in [0.4, 0.5) is 5.82 Å². The normalized spacial score (nSPS) is 10.1. The van der Waals surface area contributed by atoms with E-state index in [2.05, 4.69) is 32.9 Å². The smallest absolute Gasteiger partial charge is 0.257 e. The molecule has 0 aromatic carbocycles. The molecule has 6 heteroatoms. The molecular weight excluding hydrogens is 359 g/mol. The van der Waals surface area contributed by atoms with Crippen LogP contribution in [0.25, 0.3) is 0 Å². The number of nitrogens with zero attached hydrogens (tertiary/aromatic N) is 1. The third kappa shape index (κ3) is 2.93. The van der Waals surface area contributed by atoms with Crippen LogP contribution >= 0.6 is 45.5 Å². The van der Waals surface area contributed by atoms with E-state index >= 15 is 0 Å². The Hall–Kier alpha value is -0.660. The zero-order chi connectivity index (χ0) is 11.5. The highest BCUT2D eigenvalue weighted by Crippen LogP contribution is 2.18. The molecule has 1 N–H and O–H groups in total. The number of hydrogen-bond donors (Lipinski definition) is 1. The second kappa shape index (κ2) is 5.11. The minimum Gasteiger partial charge on any atom is -0.307 e. The third-order valence-electron chi connectivity index (χ3n) is 1.80. The van der Waals surface area contributed by atoms with Gasteiger partial charge in [-0.1, -0.05) is 11.6 Å². The second-order valence-corrected chi connectivity index (χ2v) is 6.20. The first kappa shape index (κ1) is 11.8. The summed E-state index contributed by atoms with van der Waals surface area (Å²) >= 11 is 9.40. The van der Waals surface area contributed by atoms with Crippen molar-refractivity contribution in [1.82, 2.24) is 4.98 Å². The molecule has 0 aliphatic rings. The number of rotatable bonds is 2. The maximum absolute atomic E-state index is 11.7. The molecule has 0 bridgehead atoms. The number of anilines is 1. The molecule has 2 aromatic rings. The van der Waals surface area contributed by atoms with Gasteiger partial charge in [0.2, 0.25) is 0 Å². The zero-order valence-electron chi connectivity index (χ0n) is 7.91. The lowest BCUT2D eigenvalue weighted by Crippen LogP contribution is -2.11. The minimum absolute atomic E-state index is 0.158. The molecule has 3 nitrogen and oxygen atoms in total. The maximum atomic E-state index is 11.7. The molecule has 16 heavy (non-hydrogen) atoms. The summed E-state index contributed by atoms with van der Waals surface area (Å²) in [5.74, 6) is 0.338. The van der Waals surface area contributed by atoms with E-state index in [1.54, 1.807) is 12.1 Å². The Morgan fingerprint density at radius 1 is 1.50 bits per heavy atom. The third-order valence-corrected chi connectivity index (χ3v) is 3.81. The molecule has 2 heterocycles. The highest BCUT2D eigenvalue weighted by Gasteiger charge is 2.08. The summed E-state index contributed by atoms with van der Waals surface area (Å²) in [5, 5.41) is 5.05. The van der Waals surface area contributed by atoms with Crippen molar-refractivity contribution in [1.29, 1.82) is 0 Å². The number of amides is 1. The molecule has 1 amide bonds. The van der Waals surface area contributed by atoms with Gasteiger partial charge in [0.15, 0.2) is 0 Å². The quantitative estimate of drug-likeness (QED) is 0.827. The van der Waals surface area contributed by atoms with E-state index in [1.807, 2.05) is 11.4 Å². The van der Waals surface area contributed by atoms with Crippen LogP contribution in [0, 0.1) is 2.88 Å². The molecule has 0 spiro atoms. The molecule has 82 valence electrons. The van der Waals surface area contributed by atoms with Gasteiger partial charge in [0.25, 0.3) is 5.91 Å². The summed E-state index contributed by atoms with van der Waals surface area (Å²) < 4.78 is 1.08. The molecule has 0 radical (unpaired) electrons. The first-order valence-corrected chi connectivity index (χ1v) is 6.66. The van der Waals surface area contributed by atoms with E-state index in [-0.39, 0.29) is 5.91 Å². The standard InChI is InChI=1S/C10H6ClIN2OS/c11-7-1-2-9(13-4-7)14-10(15)6-3-8(12)16-5-6/h1-5H,(H,13,14,15). The number of aromatic nitrogens is 1. The predicted octanol–water partition coefficient (Wildman–Crippen LogP) is 3.65. The van der Waals surface area contributed by atoms with E-state index in [1.165, 1.54) is 17.5 Å². The Balaban J connectivity index is 2.10. The Morgan fingerprint density at radius 2 is 2.31 bits per heavy atom. The maximum Gasteiger partial charge on any atom is 0.257 e. The van der Waals surface area contributed by atoms with Crippen LogP contribution in [0.2, 0.25) is 5.02 Å². The van der Waals surface area contributed by atoms with Crippen molar-refractivity contribution >= 4 is 57.3 Å². The topological polar surface area (TPSA) is 42.0 Å². The van der Waals surface area contributed by atoms with E-state index in [4.69, 9.17) is 11.6 Å². The van der Waals surface area contributed by atoms with Crippen molar-refractivity contribution in [3.05, 3.63) is 43.2 Å². The van der Waals surface area contributed by atoms with Gasteiger partial charge in [-0.25, -0.2) is 4.98 Å². The van der Waals surface area contributed by atoms with E-state index in [0.717, 1.165) is 2.88 Å². The van der Waals surface area contributed by atoms with Gasteiger partial charge >= 0.3 is 0 Å². The van der Waals surface area contributed by atoms with Crippen molar-refractivity contribution in [2.24, 2.45) is 0 Å². The van der Waals surface area contributed by atoms with Gasteiger partial charge in [-0.2, -0.15) is 0 Å². The number of carbonyl (C=O) groups is 1. The highest BCUT2D eigenvalue weighted by molar-refractivity contribution is 14.1. The van der Waals surface area contributed by atoms with Crippen LogP contribution < -0.4 is 5.32 Å². The lowest BCUT2D eigenvalue weighted by atomic mass is 10.3. The molecule has 2 aromatic heterocycles. The van der Waals surface area contributed by atoms with Crippen molar-refractivity contribution in [2.45, 2.75) is 0 Å². The van der Waals surface area contributed by atoms with Crippen molar-refractivity contribution < 1.29 is 4.79 Å². The lowest BCUT2D eigenvalue weighted by molar-refractivity contribution is 0.102. The number of carbonyl (C=O) groups excluding carboxylic acids is 1. The summed E-state index contributed by atoms with van der Waals surface area (Å²) in [6, 6.07) is 5.18. The average molecular weight is 365 g/mol. The number of halogens is 2. The van der Waals surface area contributed by atoms with Gasteiger partial charge in [0.1, 0.15) is 5.82 Å². The molecule has 0 aliphatic heterocycles. The molecule has 0 saturated heterocycles. The van der Waals surface area contributed by atoms with Gasteiger partial charge < -0.3 is 5.32 Å². The zero-order valence-corrected chi connectivity index (χ0v) is 11.6. The summed E-state index contributed by atoms with van der Waals surface area (Å²) in [5.41, 5.74) is 0.645. The number of thiophene rings is 1. The predicted molar refractivity (Wildman–Crippen MR) is 74.2 cm³/mol. The van der Waals surface area contributed by atoms with Crippen LogP contribution in [-0.2, 0) is 0 Å².